The number of hydrogen-bond donors (Lipinski definition) is 6. The van der Waals surface area contributed by atoms with E-state index >= 15 is 0 Å². The standard InChI is InChI=1S/C23H25F2N3O8/c1-28(2)16-11-6-9-5-10-8(7-27-36-22(24)25)3-4-12(29)14(10)17(30)13(9)19(32)23(11,35)20(33)15(18(16)31)21(26)34/h3-4,9,11,16,22,27,29-30,33,35H,5-7H2,1-2H3,(H2,26,34)/t9-,11-,16-,23-/m0/s1. The number of aliphatic hydroxyl groups is 3. The molecule has 4 atom stereocenters. The first-order chi connectivity index (χ1) is 16.8. The summed E-state index contributed by atoms with van der Waals surface area (Å²) < 4.78 is 24.8. The first-order valence-electron chi connectivity index (χ1n) is 11.0. The zero-order valence-electron chi connectivity index (χ0n) is 19.3. The summed E-state index contributed by atoms with van der Waals surface area (Å²) in [6, 6.07) is 1.44. The number of hydrogen-bond acceptors (Lipinski definition) is 10. The summed E-state index contributed by atoms with van der Waals surface area (Å²) >= 11 is 0. The average molecular weight is 509 g/mol. The molecule has 13 heteroatoms. The second kappa shape index (κ2) is 8.92. The normalized spacial score (nSPS) is 27.9. The highest BCUT2D eigenvalue weighted by molar-refractivity contribution is 6.24. The van der Waals surface area contributed by atoms with Crippen LogP contribution in [-0.2, 0) is 32.2 Å². The van der Waals surface area contributed by atoms with Crippen molar-refractivity contribution in [2.45, 2.75) is 37.6 Å². The smallest absolute Gasteiger partial charge is 0.360 e. The summed E-state index contributed by atoms with van der Waals surface area (Å²) in [5.74, 6) is -7.54. The molecule has 0 bridgehead atoms. The van der Waals surface area contributed by atoms with Gasteiger partial charge in [-0.15, -0.1) is 0 Å². The Bertz CT molecular complexity index is 1230. The van der Waals surface area contributed by atoms with Gasteiger partial charge in [0.25, 0.3) is 5.91 Å². The molecular weight excluding hydrogens is 484 g/mol. The molecule has 0 aromatic heterocycles. The molecule has 0 radical (unpaired) electrons. The minimum atomic E-state index is -3.08. The number of aromatic hydroxyl groups is 1. The van der Waals surface area contributed by atoms with Gasteiger partial charge in [-0.05, 0) is 50.0 Å². The lowest BCUT2D eigenvalue weighted by Crippen LogP contribution is -2.65. The predicted molar refractivity (Wildman–Crippen MR) is 118 cm³/mol. The van der Waals surface area contributed by atoms with Crippen LogP contribution in [0.15, 0.2) is 29.0 Å². The number of benzene rings is 1. The van der Waals surface area contributed by atoms with E-state index in [2.05, 4.69) is 10.3 Å². The Hall–Kier alpha value is -3.39. The number of primary amides is 1. The van der Waals surface area contributed by atoms with Crippen molar-refractivity contribution in [1.29, 1.82) is 0 Å². The Kier molecular flexibility index (Phi) is 6.37. The van der Waals surface area contributed by atoms with Crippen molar-refractivity contribution in [1.82, 2.24) is 10.4 Å². The van der Waals surface area contributed by atoms with Gasteiger partial charge >= 0.3 is 6.61 Å². The molecule has 1 fully saturated rings. The zero-order chi connectivity index (χ0) is 26.7. The van der Waals surface area contributed by atoms with Crippen LogP contribution < -0.4 is 11.2 Å². The minimum absolute atomic E-state index is 0.0363. The van der Waals surface area contributed by atoms with Crippen LogP contribution in [0.25, 0.3) is 5.76 Å². The fraction of sp³-hybridized carbons (Fsp3) is 0.435. The summed E-state index contributed by atoms with van der Waals surface area (Å²) in [5.41, 5.74) is 4.06. The average Bonchev–Trinajstić information content (AvgIpc) is 2.77. The van der Waals surface area contributed by atoms with Gasteiger partial charge in [-0.25, -0.2) is 4.84 Å². The molecular formula is C23H25F2N3O8. The Balaban J connectivity index is 1.88. The van der Waals surface area contributed by atoms with E-state index < -0.39 is 70.4 Å². The number of carbonyl (C=O) groups is 3. The zero-order valence-corrected chi connectivity index (χ0v) is 19.3. The van der Waals surface area contributed by atoms with Crippen LogP contribution in [0.1, 0.15) is 23.1 Å². The van der Waals surface area contributed by atoms with E-state index in [-0.39, 0.29) is 30.5 Å². The van der Waals surface area contributed by atoms with Crippen LogP contribution in [0.4, 0.5) is 8.78 Å². The first kappa shape index (κ1) is 25.7. The Labute approximate surface area is 203 Å². The van der Waals surface area contributed by atoms with Gasteiger partial charge in [-0.3, -0.25) is 19.3 Å². The number of likely N-dealkylation sites (N-methyl/N-ethyl adjacent to an activating group) is 1. The summed E-state index contributed by atoms with van der Waals surface area (Å²) in [7, 11) is 3.00. The van der Waals surface area contributed by atoms with Crippen LogP contribution in [0.3, 0.4) is 0 Å². The van der Waals surface area contributed by atoms with Crippen LogP contribution >= 0.6 is 0 Å². The minimum Gasteiger partial charge on any atom is -0.508 e. The Morgan fingerprint density at radius 2 is 1.94 bits per heavy atom. The van der Waals surface area contributed by atoms with E-state index in [0.29, 0.717) is 11.1 Å². The summed E-state index contributed by atoms with van der Waals surface area (Å²) in [6.45, 7) is -3.29. The maximum absolute atomic E-state index is 13.7. The highest BCUT2D eigenvalue weighted by atomic mass is 19.3. The van der Waals surface area contributed by atoms with Gasteiger partial charge in [-0.1, -0.05) is 6.07 Å². The van der Waals surface area contributed by atoms with E-state index in [1.807, 2.05) is 0 Å². The molecule has 4 rings (SSSR count). The molecule has 36 heavy (non-hydrogen) atoms. The van der Waals surface area contributed by atoms with Crippen molar-refractivity contribution < 1.29 is 48.4 Å². The molecule has 7 N–H and O–H groups in total. The third-order valence-electron chi connectivity index (χ3n) is 7.14. The number of alkyl halides is 2. The van der Waals surface area contributed by atoms with Gasteiger partial charge in [0, 0.05) is 18.0 Å². The van der Waals surface area contributed by atoms with Crippen LogP contribution in [0.2, 0.25) is 0 Å². The maximum atomic E-state index is 13.7. The molecule has 194 valence electrons. The summed E-state index contributed by atoms with van der Waals surface area (Å²) in [5, 5.41) is 43.8. The molecule has 11 nitrogen and oxygen atoms in total. The monoisotopic (exact) mass is 509 g/mol. The van der Waals surface area contributed by atoms with Gasteiger partial charge in [-0.2, -0.15) is 14.3 Å². The number of carbonyl (C=O) groups excluding carboxylic acids is 3. The fourth-order valence-electron chi connectivity index (χ4n) is 5.66. The summed E-state index contributed by atoms with van der Waals surface area (Å²) in [4.78, 5) is 44.2. The molecule has 0 spiro atoms. The van der Waals surface area contributed by atoms with Crippen molar-refractivity contribution in [2.75, 3.05) is 14.1 Å². The molecule has 3 aliphatic carbocycles. The molecule has 1 amide bonds. The second-order valence-electron chi connectivity index (χ2n) is 9.26. The number of rotatable bonds is 6. The van der Waals surface area contributed by atoms with Crippen LogP contribution in [-0.4, -0.2) is 75.1 Å². The lowest BCUT2D eigenvalue weighted by molar-refractivity contribution is -0.175. The quantitative estimate of drug-likeness (QED) is 0.229. The third kappa shape index (κ3) is 3.66. The van der Waals surface area contributed by atoms with Crippen molar-refractivity contribution >= 4 is 23.2 Å². The molecule has 1 aromatic rings. The number of aliphatic hydroxyl groups excluding tert-OH is 2. The van der Waals surface area contributed by atoms with E-state index in [1.165, 1.54) is 31.1 Å². The highest BCUT2D eigenvalue weighted by Crippen LogP contribution is 2.52. The SMILES string of the molecule is CN(C)[C@@H]1C(=O)C(C(N)=O)=C(O)[C@@]2(O)C(=O)C3=C(O)c4c(O)ccc(CNOC(F)F)c4C[C@H]3C[C@@H]12. The van der Waals surface area contributed by atoms with Gasteiger partial charge in [0.2, 0.25) is 5.78 Å². The number of hydroxylamine groups is 1. The lowest BCUT2D eigenvalue weighted by Gasteiger charge is -2.50. The van der Waals surface area contributed by atoms with Gasteiger partial charge < -0.3 is 26.2 Å². The third-order valence-corrected chi connectivity index (χ3v) is 7.14. The van der Waals surface area contributed by atoms with Gasteiger partial charge in [0.15, 0.2) is 11.4 Å². The first-order valence-corrected chi connectivity index (χ1v) is 11.0. The summed E-state index contributed by atoms with van der Waals surface area (Å²) in [6.07, 6.45) is -0.0452. The number of nitrogens with two attached hydrogens (primary N) is 1. The van der Waals surface area contributed by atoms with Gasteiger partial charge in [0.1, 0.15) is 22.8 Å². The second-order valence-corrected chi connectivity index (χ2v) is 9.26. The number of amides is 1. The number of Topliss-reactive ketones (excluding diaryl/α,β-unsaturated/α-hetero) is 2. The fourth-order valence-corrected chi connectivity index (χ4v) is 5.66. The number of nitrogens with one attached hydrogen (secondary N) is 1. The highest BCUT2D eigenvalue weighted by Gasteiger charge is 2.64. The number of ketones is 2. The lowest BCUT2D eigenvalue weighted by atomic mass is 9.57. The van der Waals surface area contributed by atoms with E-state index in [1.54, 1.807) is 0 Å². The largest absolute Gasteiger partial charge is 0.508 e. The molecule has 1 saturated carbocycles. The number of fused-ring (bicyclic) bond motifs is 3. The molecule has 1 aromatic carbocycles. The molecule has 0 unspecified atom stereocenters. The van der Waals surface area contributed by atoms with Crippen molar-refractivity contribution in [3.8, 4) is 5.75 Å². The van der Waals surface area contributed by atoms with Crippen LogP contribution in [0, 0.1) is 11.8 Å². The van der Waals surface area contributed by atoms with Crippen molar-refractivity contribution in [2.24, 2.45) is 17.6 Å². The van der Waals surface area contributed by atoms with Gasteiger partial charge in [0.05, 0.1) is 11.6 Å². The maximum Gasteiger partial charge on any atom is 0.360 e. The topological polar surface area (TPSA) is 183 Å². The molecule has 3 aliphatic rings. The van der Waals surface area contributed by atoms with Crippen LogP contribution in [0.5, 0.6) is 5.75 Å². The van der Waals surface area contributed by atoms with E-state index in [0.717, 1.165) is 0 Å². The predicted octanol–water partition coefficient (Wildman–Crippen LogP) is 0.208. The van der Waals surface area contributed by atoms with Crippen molar-refractivity contribution in [3.63, 3.8) is 0 Å². The molecule has 0 saturated heterocycles. The Morgan fingerprint density at radius 1 is 1.28 bits per heavy atom. The number of halogens is 2. The number of nitrogens with zero attached hydrogens (tertiary/aromatic N) is 1. The molecule has 0 aliphatic heterocycles. The van der Waals surface area contributed by atoms with E-state index in [9.17, 15) is 43.6 Å². The number of phenols is 1. The van der Waals surface area contributed by atoms with Crippen molar-refractivity contribution in [3.05, 3.63) is 45.7 Å². The molecule has 0 heterocycles. The van der Waals surface area contributed by atoms with E-state index in [4.69, 9.17) is 5.73 Å². The Morgan fingerprint density at radius 3 is 2.53 bits per heavy atom. The number of phenolic OH excluding ortho intramolecular Hbond substituents is 1.